The van der Waals surface area contributed by atoms with E-state index in [1.165, 1.54) is 30.4 Å². The van der Waals surface area contributed by atoms with Crippen molar-refractivity contribution in [3.05, 3.63) is 45.5 Å². The highest BCUT2D eigenvalue weighted by Gasteiger charge is 2.14. The summed E-state index contributed by atoms with van der Waals surface area (Å²) in [4.78, 5) is 29.3. The Morgan fingerprint density at radius 1 is 1.29 bits per heavy atom. The number of aromatic nitrogens is 1. The number of carbonyl (C=O) groups is 2. The average Bonchev–Trinajstić information content (AvgIpc) is 3.24. The molecule has 3 aromatic rings. The number of furan rings is 1. The molecule has 2 N–H and O–H groups in total. The standard InChI is InChI=1S/C15H12ClN3O3S2/c1-8(20)17-6-9-2-4-12(24-9)10-7-23-15(18-10)19-14(21)11-3-5-13(16)22-11/h2-5,7H,6H2,1H3,(H,17,20)(H,18,19,21). The first-order valence-electron chi connectivity index (χ1n) is 6.87. The van der Waals surface area contributed by atoms with Gasteiger partial charge in [-0.05, 0) is 35.9 Å². The van der Waals surface area contributed by atoms with Gasteiger partial charge in [-0.2, -0.15) is 0 Å². The van der Waals surface area contributed by atoms with E-state index in [-0.39, 0.29) is 16.9 Å². The van der Waals surface area contributed by atoms with Gasteiger partial charge in [0.15, 0.2) is 16.1 Å². The Kier molecular flexibility index (Phi) is 4.98. The van der Waals surface area contributed by atoms with Crippen LogP contribution in [0.4, 0.5) is 5.13 Å². The van der Waals surface area contributed by atoms with Crippen molar-refractivity contribution in [3.8, 4) is 10.6 Å². The topological polar surface area (TPSA) is 84.2 Å². The van der Waals surface area contributed by atoms with E-state index in [2.05, 4.69) is 15.6 Å². The summed E-state index contributed by atoms with van der Waals surface area (Å²) in [6.07, 6.45) is 0. The molecule has 0 aliphatic carbocycles. The van der Waals surface area contributed by atoms with E-state index in [4.69, 9.17) is 16.0 Å². The molecule has 9 heteroatoms. The summed E-state index contributed by atoms with van der Waals surface area (Å²) in [6, 6.07) is 6.89. The number of nitrogens with zero attached hydrogens (tertiary/aromatic N) is 1. The highest BCUT2D eigenvalue weighted by Crippen LogP contribution is 2.31. The molecule has 24 heavy (non-hydrogen) atoms. The average molecular weight is 382 g/mol. The van der Waals surface area contributed by atoms with Crippen LogP contribution >= 0.6 is 34.3 Å². The molecule has 0 aliphatic rings. The van der Waals surface area contributed by atoms with Gasteiger partial charge in [-0.3, -0.25) is 14.9 Å². The highest BCUT2D eigenvalue weighted by atomic mass is 35.5. The molecule has 0 aromatic carbocycles. The zero-order valence-corrected chi connectivity index (χ0v) is 14.8. The van der Waals surface area contributed by atoms with Gasteiger partial charge in [0.2, 0.25) is 5.91 Å². The molecular formula is C15H12ClN3O3S2. The molecule has 0 atom stereocenters. The van der Waals surface area contributed by atoms with Crippen LogP contribution in [0, 0.1) is 0 Å². The van der Waals surface area contributed by atoms with E-state index in [0.717, 1.165) is 15.4 Å². The molecule has 0 saturated heterocycles. The van der Waals surface area contributed by atoms with Gasteiger partial charge in [0.25, 0.3) is 5.91 Å². The summed E-state index contributed by atoms with van der Waals surface area (Å²) in [5.74, 6) is -0.340. The molecule has 0 spiro atoms. The molecule has 3 rings (SSSR count). The summed E-state index contributed by atoms with van der Waals surface area (Å²) in [5.41, 5.74) is 0.770. The largest absolute Gasteiger partial charge is 0.440 e. The lowest BCUT2D eigenvalue weighted by molar-refractivity contribution is -0.119. The second-order valence-electron chi connectivity index (χ2n) is 4.77. The van der Waals surface area contributed by atoms with Gasteiger partial charge < -0.3 is 9.73 Å². The first-order valence-corrected chi connectivity index (χ1v) is 8.94. The molecule has 3 aromatic heterocycles. The Morgan fingerprint density at radius 3 is 2.83 bits per heavy atom. The van der Waals surface area contributed by atoms with Crippen molar-refractivity contribution in [2.45, 2.75) is 13.5 Å². The molecule has 0 aliphatic heterocycles. The first-order chi connectivity index (χ1) is 11.5. The van der Waals surface area contributed by atoms with Crippen LogP contribution in [-0.4, -0.2) is 16.8 Å². The SMILES string of the molecule is CC(=O)NCc1ccc(-c2csc(NC(=O)c3ccc(Cl)o3)n2)s1. The van der Waals surface area contributed by atoms with Crippen LogP contribution in [0.3, 0.4) is 0 Å². The van der Waals surface area contributed by atoms with Gasteiger partial charge in [-0.15, -0.1) is 22.7 Å². The fourth-order valence-electron chi connectivity index (χ4n) is 1.86. The van der Waals surface area contributed by atoms with Gasteiger partial charge in [0.1, 0.15) is 0 Å². The molecule has 3 heterocycles. The van der Waals surface area contributed by atoms with Crippen LogP contribution < -0.4 is 10.6 Å². The van der Waals surface area contributed by atoms with Gasteiger partial charge >= 0.3 is 0 Å². The lowest BCUT2D eigenvalue weighted by atomic mass is 10.3. The number of rotatable bonds is 5. The lowest BCUT2D eigenvalue weighted by Crippen LogP contribution is -2.17. The predicted octanol–water partition coefficient (Wildman–Crippen LogP) is 4.01. The van der Waals surface area contributed by atoms with Crippen molar-refractivity contribution in [2.24, 2.45) is 0 Å². The Hall–Kier alpha value is -2.16. The summed E-state index contributed by atoms with van der Waals surface area (Å²) >= 11 is 8.52. The second kappa shape index (κ2) is 7.16. The predicted molar refractivity (Wildman–Crippen MR) is 94.6 cm³/mol. The minimum Gasteiger partial charge on any atom is -0.440 e. The van der Waals surface area contributed by atoms with Crippen molar-refractivity contribution in [2.75, 3.05) is 5.32 Å². The fourth-order valence-corrected chi connectivity index (χ4v) is 3.70. The number of nitrogens with one attached hydrogen (secondary N) is 2. The molecule has 2 amide bonds. The summed E-state index contributed by atoms with van der Waals surface area (Å²) < 4.78 is 5.06. The molecular weight excluding hydrogens is 370 g/mol. The van der Waals surface area contributed by atoms with E-state index in [1.54, 1.807) is 11.3 Å². The second-order valence-corrected chi connectivity index (χ2v) is 7.17. The zero-order chi connectivity index (χ0) is 17.1. The molecule has 0 fully saturated rings. The Bertz CT molecular complexity index is 884. The third kappa shape index (κ3) is 4.02. The monoisotopic (exact) mass is 381 g/mol. The minimum atomic E-state index is -0.402. The summed E-state index contributed by atoms with van der Waals surface area (Å²) in [6.45, 7) is 1.98. The maximum Gasteiger partial charge on any atom is 0.293 e. The number of halogens is 1. The quantitative estimate of drug-likeness (QED) is 0.699. The summed E-state index contributed by atoms with van der Waals surface area (Å²) in [7, 11) is 0. The number of hydrogen-bond donors (Lipinski definition) is 2. The van der Waals surface area contributed by atoms with Crippen LogP contribution in [-0.2, 0) is 11.3 Å². The first kappa shape index (κ1) is 16.7. The zero-order valence-electron chi connectivity index (χ0n) is 12.5. The molecule has 6 nitrogen and oxygen atoms in total. The van der Waals surface area contributed by atoms with Crippen molar-refractivity contribution in [1.29, 1.82) is 0 Å². The highest BCUT2D eigenvalue weighted by molar-refractivity contribution is 7.17. The van der Waals surface area contributed by atoms with Crippen LogP contribution in [0.15, 0.2) is 34.1 Å². The maximum atomic E-state index is 12.0. The van der Waals surface area contributed by atoms with Gasteiger partial charge in [-0.25, -0.2) is 4.98 Å². The van der Waals surface area contributed by atoms with Gasteiger partial charge in [0, 0.05) is 17.2 Å². The van der Waals surface area contributed by atoms with Crippen LogP contribution in [0.1, 0.15) is 22.4 Å². The summed E-state index contributed by atoms with van der Waals surface area (Å²) in [5, 5.41) is 7.91. The Morgan fingerprint density at radius 2 is 2.12 bits per heavy atom. The van der Waals surface area contributed by atoms with Crippen molar-refractivity contribution in [3.63, 3.8) is 0 Å². The number of thiazole rings is 1. The van der Waals surface area contributed by atoms with E-state index in [0.29, 0.717) is 11.7 Å². The number of amides is 2. The van der Waals surface area contributed by atoms with Crippen LogP contribution in [0.2, 0.25) is 5.22 Å². The van der Waals surface area contributed by atoms with Crippen LogP contribution in [0.25, 0.3) is 10.6 Å². The molecule has 124 valence electrons. The minimum absolute atomic E-state index is 0.0679. The third-order valence-corrected chi connectivity index (χ3v) is 5.02. The normalized spacial score (nSPS) is 10.6. The smallest absolute Gasteiger partial charge is 0.293 e. The van der Waals surface area contributed by atoms with E-state index in [1.807, 2.05) is 17.5 Å². The third-order valence-electron chi connectivity index (χ3n) is 2.95. The number of thiophene rings is 1. The maximum absolute atomic E-state index is 12.0. The van der Waals surface area contributed by atoms with Crippen molar-refractivity contribution >= 4 is 51.2 Å². The molecule has 0 bridgehead atoms. The van der Waals surface area contributed by atoms with Crippen molar-refractivity contribution < 1.29 is 14.0 Å². The van der Waals surface area contributed by atoms with E-state index in [9.17, 15) is 9.59 Å². The lowest BCUT2D eigenvalue weighted by Gasteiger charge is -1.97. The molecule has 0 radical (unpaired) electrons. The number of carbonyl (C=O) groups excluding carboxylic acids is 2. The van der Waals surface area contributed by atoms with Crippen molar-refractivity contribution in [1.82, 2.24) is 10.3 Å². The van der Waals surface area contributed by atoms with Crippen LogP contribution in [0.5, 0.6) is 0 Å². The van der Waals surface area contributed by atoms with Gasteiger partial charge in [-0.1, -0.05) is 0 Å². The molecule has 0 unspecified atom stereocenters. The van der Waals surface area contributed by atoms with Gasteiger partial charge in [0.05, 0.1) is 17.1 Å². The van der Waals surface area contributed by atoms with E-state index >= 15 is 0 Å². The Balaban J connectivity index is 1.67. The number of hydrogen-bond acceptors (Lipinski definition) is 6. The van der Waals surface area contributed by atoms with E-state index < -0.39 is 5.91 Å². The fraction of sp³-hybridized carbons (Fsp3) is 0.133. The Labute approximate surface area is 150 Å². The molecule has 0 saturated carbocycles. The number of anilines is 1.